The lowest BCUT2D eigenvalue weighted by atomic mass is 9.82. The number of benzene rings is 2. The zero-order chi connectivity index (χ0) is 23.5. The Bertz CT molecular complexity index is 1100. The Labute approximate surface area is 205 Å². The van der Waals surface area contributed by atoms with Crippen LogP contribution in [0.3, 0.4) is 0 Å². The van der Waals surface area contributed by atoms with Gasteiger partial charge in [0.1, 0.15) is 17.9 Å². The number of fused-ring (bicyclic) bond motifs is 1. The molecule has 2 aromatic rings. The second kappa shape index (κ2) is 9.87. The molecule has 6 nitrogen and oxygen atoms in total. The van der Waals surface area contributed by atoms with Crippen molar-refractivity contribution in [1.82, 2.24) is 5.32 Å². The van der Waals surface area contributed by atoms with Gasteiger partial charge in [0.05, 0.1) is 19.3 Å². The fourth-order valence-electron chi connectivity index (χ4n) is 4.73. The van der Waals surface area contributed by atoms with Gasteiger partial charge in [-0.15, -0.1) is 0 Å². The molecule has 3 aliphatic rings. The number of nitrogens with one attached hydrogen (secondary N) is 1. The van der Waals surface area contributed by atoms with Crippen LogP contribution < -0.4 is 15.0 Å². The first-order chi connectivity index (χ1) is 16.6. The van der Waals surface area contributed by atoms with E-state index in [0.717, 1.165) is 61.3 Å². The quantitative estimate of drug-likeness (QED) is 0.575. The molecule has 0 spiro atoms. The zero-order valence-electron chi connectivity index (χ0n) is 19.3. The number of amides is 2. The van der Waals surface area contributed by atoms with Crippen molar-refractivity contribution in [2.75, 3.05) is 25.2 Å². The maximum atomic E-state index is 13.4. The molecule has 2 unspecified atom stereocenters. The molecule has 34 heavy (non-hydrogen) atoms. The molecule has 7 heteroatoms. The third kappa shape index (κ3) is 4.74. The predicted octanol–water partition coefficient (Wildman–Crippen LogP) is 5.23. The predicted molar refractivity (Wildman–Crippen MR) is 131 cm³/mol. The van der Waals surface area contributed by atoms with E-state index in [2.05, 4.69) is 17.2 Å². The number of hydrogen-bond donors (Lipinski definition) is 1. The molecule has 1 aliphatic carbocycles. The number of urea groups is 1. The summed E-state index contributed by atoms with van der Waals surface area (Å²) in [5.74, 6) is 7.59. The maximum absolute atomic E-state index is 13.4. The van der Waals surface area contributed by atoms with E-state index >= 15 is 0 Å². The summed E-state index contributed by atoms with van der Waals surface area (Å²) >= 11 is 6.44. The van der Waals surface area contributed by atoms with Gasteiger partial charge in [0.25, 0.3) is 0 Å². The topological polar surface area (TPSA) is 60.0 Å². The minimum absolute atomic E-state index is 0.164. The van der Waals surface area contributed by atoms with Crippen molar-refractivity contribution in [2.24, 2.45) is 5.92 Å². The highest BCUT2D eigenvalue weighted by Gasteiger charge is 2.51. The number of hydrogen-bond acceptors (Lipinski definition) is 4. The van der Waals surface area contributed by atoms with Gasteiger partial charge < -0.3 is 19.5 Å². The van der Waals surface area contributed by atoms with Crippen LogP contribution in [0, 0.1) is 17.8 Å². The number of anilines is 1. The average Bonchev–Trinajstić information content (AvgIpc) is 3.71. The fraction of sp³-hybridized carbons (Fsp3) is 0.444. The molecule has 2 aliphatic heterocycles. The molecule has 178 valence electrons. The van der Waals surface area contributed by atoms with Gasteiger partial charge >= 0.3 is 6.03 Å². The Morgan fingerprint density at radius 3 is 2.71 bits per heavy atom. The van der Waals surface area contributed by atoms with Crippen LogP contribution in [-0.4, -0.2) is 32.6 Å². The molecule has 1 saturated carbocycles. The number of halogens is 1. The van der Waals surface area contributed by atoms with Gasteiger partial charge in [-0.25, -0.2) is 4.79 Å². The van der Waals surface area contributed by atoms with Crippen LogP contribution in [0.25, 0.3) is 0 Å². The summed E-state index contributed by atoms with van der Waals surface area (Å²) in [5.41, 5.74) is 2.01. The molecule has 2 fully saturated rings. The molecule has 2 aromatic carbocycles. The highest BCUT2D eigenvalue weighted by Crippen LogP contribution is 2.50. The van der Waals surface area contributed by atoms with E-state index in [1.54, 1.807) is 12.0 Å². The summed E-state index contributed by atoms with van der Waals surface area (Å²) in [6.07, 6.45) is 4.90. The van der Waals surface area contributed by atoms with Gasteiger partial charge in [0, 0.05) is 17.2 Å². The Hall–Kier alpha value is -2.72. The standard InChI is InChI=1S/C27H29ClN2O4/c1-32-22-11-6-19(7-12-22)18-30-24-13-10-21(28)17-23(24)27(20-8-9-20,29-26(30)31)14-4-16-34-25-5-2-3-15-33-25/h6-7,10-13,17,20,25H,2-3,5,8-9,15-16,18H2,1H3,(H,29,31). The van der Waals surface area contributed by atoms with Gasteiger partial charge in [-0.05, 0) is 73.9 Å². The average molecular weight is 481 g/mol. The molecule has 0 aromatic heterocycles. The van der Waals surface area contributed by atoms with Crippen molar-refractivity contribution in [3.05, 3.63) is 58.6 Å². The minimum atomic E-state index is -0.773. The van der Waals surface area contributed by atoms with Gasteiger partial charge in [-0.3, -0.25) is 4.90 Å². The number of rotatable bonds is 6. The lowest BCUT2D eigenvalue weighted by Crippen LogP contribution is -2.57. The molecule has 2 heterocycles. The van der Waals surface area contributed by atoms with Crippen LogP contribution in [0.2, 0.25) is 5.02 Å². The Morgan fingerprint density at radius 1 is 1.18 bits per heavy atom. The van der Waals surface area contributed by atoms with Crippen LogP contribution in [-0.2, 0) is 21.6 Å². The summed E-state index contributed by atoms with van der Waals surface area (Å²) in [4.78, 5) is 15.2. The monoisotopic (exact) mass is 480 g/mol. The third-order valence-electron chi connectivity index (χ3n) is 6.68. The molecular formula is C27H29ClN2O4. The van der Waals surface area contributed by atoms with Gasteiger partial charge in [-0.1, -0.05) is 35.6 Å². The van der Waals surface area contributed by atoms with E-state index in [1.807, 2.05) is 42.5 Å². The number of nitrogens with zero attached hydrogens (tertiary/aromatic N) is 1. The van der Waals surface area contributed by atoms with Gasteiger partial charge in [0.15, 0.2) is 6.29 Å². The molecule has 0 bridgehead atoms. The first-order valence-electron chi connectivity index (χ1n) is 11.8. The molecule has 5 rings (SSSR count). The van der Waals surface area contributed by atoms with E-state index in [0.29, 0.717) is 11.6 Å². The van der Waals surface area contributed by atoms with Gasteiger partial charge in [-0.2, -0.15) is 0 Å². The third-order valence-corrected chi connectivity index (χ3v) is 6.91. The first-order valence-corrected chi connectivity index (χ1v) is 12.2. The highest BCUT2D eigenvalue weighted by molar-refractivity contribution is 6.30. The molecule has 2 atom stereocenters. The second-order valence-corrected chi connectivity index (χ2v) is 9.45. The number of carbonyl (C=O) groups is 1. The number of carbonyl (C=O) groups excluding carboxylic acids is 1. The van der Waals surface area contributed by atoms with Crippen molar-refractivity contribution in [3.63, 3.8) is 0 Å². The highest BCUT2D eigenvalue weighted by atomic mass is 35.5. The largest absolute Gasteiger partial charge is 0.497 e. The molecular weight excluding hydrogens is 452 g/mol. The van der Waals surface area contributed by atoms with Crippen LogP contribution in [0.5, 0.6) is 5.75 Å². The maximum Gasteiger partial charge on any atom is 0.323 e. The molecule has 1 N–H and O–H groups in total. The van der Waals surface area contributed by atoms with Crippen LogP contribution >= 0.6 is 11.6 Å². The lowest BCUT2D eigenvalue weighted by molar-refractivity contribution is -0.154. The van der Waals surface area contributed by atoms with Crippen LogP contribution in [0.1, 0.15) is 43.2 Å². The smallest absolute Gasteiger partial charge is 0.323 e. The summed E-state index contributed by atoms with van der Waals surface area (Å²) in [6.45, 7) is 1.43. The molecule has 2 amide bonds. The molecule has 1 saturated heterocycles. The van der Waals surface area contributed by atoms with E-state index in [-0.39, 0.29) is 24.8 Å². The van der Waals surface area contributed by atoms with Crippen molar-refractivity contribution in [2.45, 2.75) is 50.5 Å². The first kappa shape index (κ1) is 23.0. The van der Waals surface area contributed by atoms with E-state index < -0.39 is 5.54 Å². The number of ether oxygens (including phenoxy) is 3. The molecule has 0 radical (unpaired) electrons. The van der Waals surface area contributed by atoms with Crippen molar-refractivity contribution >= 4 is 23.3 Å². The minimum Gasteiger partial charge on any atom is -0.497 e. The Morgan fingerprint density at radius 2 is 2.00 bits per heavy atom. The summed E-state index contributed by atoms with van der Waals surface area (Å²) < 4.78 is 16.7. The van der Waals surface area contributed by atoms with Crippen molar-refractivity contribution < 1.29 is 19.0 Å². The Kier molecular flexibility index (Phi) is 6.69. The summed E-state index contributed by atoms with van der Waals surface area (Å²) in [6, 6.07) is 13.3. The number of methoxy groups -OCH3 is 1. The zero-order valence-corrected chi connectivity index (χ0v) is 20.1. The van der Waals surface area contributed by atoms with Crippen molar-refractivity contribution in [1.29, 1.82) is 0 Å². The van der Waals surface area contributed by atoms with Crippen molar-refractivity contribution in [3.8, 4) is 17.6 Å². The van der Waals surface area contributed by atoms with Crippen LogP contribution in [0.15, 0.2) is 42.5 Å². The Balaban J connectivity index is 1.43. The summed E-state index contributed by atoms with van der Waals surface area (Å²) in [5, 5.41) is 3.87. The fourth-order valence-corrected chi connectivity index (χ4v) is 4.91. The van der Waals surface area contributed by atoms with E-state index in [4.69, 9.17) is 25.8 Å². The van der Waals surface area contributed by atoms with Gasteiger partial charge in [0.2, 0.25) is 0 Å². The second-order valence-electron chi connectivity index (χ2n) is 9.02. The lowest BCUT2D eigenvalue weighted by Gasteiger charge is -2.41. The normalized spacial score (nSPS) is 24.0. The van der Waals surface area contributed by atoms with E-state index in [1.165, 1.54) is 0 Å². The van der Waals surface area contributed by atoms with Crippen LogP contribution in [0.4, 0.5) is 10.5 Å². The summed E-state index contributed by atoms with van der Waals surface area (Å²) in [7, 11) is 1.64. The van der Waals surface area contributed by atoms with E-state index in [9.17, 15) is 4.79 Å². The SMILES string of the molecule is COc1ccc(CN2C(=O)NC(C#CCOC3CCCCO3)(C3CC3)c3cc(Cl)ccc32)cc1.